The van der Waals surface area contributed by atoms with Crippen molar-refractivity contribution in [2.45, 2.75) is 51.1 Å². The maximum Gasteiger partial charge on any atom is 0.141 e. The molecule has 0 amide bonds. The molecule has 0 bridgehead atoms. The zero-order valence-corrected chi connectivity index (χ0v) is 17.0. The molecule has 5 nitrogen and oxygen atoms in total. The molecule has 0 radical (unpaired) electrons. The van der Waals surface area contributed by atoms with Gasteiger partial charge in [0.25, 0.3) is 0 Å². The summed E-state index contributed by atoms with van der Waals surface area (Å²) in [5.41, 5.74) is 2.93. The Morgan fingerprint density at radius 1 is 0.964 bits per heavy atom. The molecule has 2 heterocycles. The second-order valence-electron chi connectivity index (χ2n) is 8.26. The van der Waals surface area contributed by atoms with Crippen LogP contribution in [0.25, 0.3) is 11.0 Å². The Morgan fingerprint density at radius 2 is 1.61 bits per heavy atom. The van der Waals surface area contributed by atoms with E-state index in [1.54, 1.807) is 0 Å². The van der Waals surface area contributed by atoms with Gasteiger partial charge in [-0.05, 0) is 49.3 Å². The second kappa shape index (κ2) is 7.74. The first kappa shape index (κ1) is 18.7. The highest BCUT2D eigenvalue weighted by atomic mass is 15.6. The lowest BCUT2D eigenvalue weighted by Crippen LogP contribution is -2.49. The fourth-order valence-corrected chi connectivity index (χ4v) is 4.15. The Hall–Kier alpha value is -2.69. The topological polar surface area (TPSA) is 46.3 Å². The Morgan fingerprint density at radius 3 is 2.25 bits per heavy atom. The van der Waals surface area contributed by atoms with Gasteiger partial charge in [-0.25, -0.2) is 0 Å². The third-order valence-electron chi connectivity index (χ3n) is 5.82. The SMILES string of the molecule is CC(C)CCC1(n2nc3ccccc3n2)C=NN(C)C1CCc1ccccc1. The van der Waals surface area contributed by atoms with E-state index in [0.29, 0.717) is 5.92 Å². The van der Waals surface area contributed by atoms with Crippen LogP contribution in [0.4, 0.5) is 0 Å². The molecule has 3 aromatic rings. The van der Waals surface area contributed by atoms with E-state index >= 15 is 0 Å². The summed E-state index contributed by atoms with van der Waals surface area (Å²) in [5, 5.41) is 16.6. The lowest BCUT2D eigenvalue weighted by atomic mass is 9.82. The van der Waals surface area contributed by atoms with Crippen LogP contribution < -0.4 is 0 Å². The second-order valence-corrected chi connectivity index (χ2v) is 8.26. The first-order chi connectivity index (χ1) is 13.6. The van der Waals surface area contributed by atoms with E-state index in [2.05, 4.69) is 62.5 Å². The van der Waals surface area contributed by atoms with Gasteiger partial charge in [0.15, 0.2) is 0 Å². The fraction of sp³-hybridized carbons (Fsp3) is 0.435. The molecule has 0 aliphatic carbocycles. The fourth-order valence-electron chi connectivity index (χ4n) is 4.15. The molecule has 1 aliphatic heterocycles. The van der Waals surface area contributed by atoms with E-state index in [1.807, 2.05) is 29.1 Å². The average Bonchev–Trinajstić information content (AvgIpc) is 3.27. The van der Waals surface area contributed by atoms with Crippen molar-refractivity contribution in [1.29, 1.82) is 0 Å². The molecule has 4 rings (SSSR count). The summed E-state index contributed by atoms with van der Waals surface area (Å²) in [5.74, 6) is 0.621. The number of aromatic nitrogens is 3. The molecule has 0 spiro atoms. The highest BCUT2D eigenvalue weighted by Crippen LogP contribution is 2.36. The number of fused-ring (bicyclic) bond motifs is 1. The van der Waals surface area contributed by atoms with Gasteiger partial charge < -0.3 is 0 Å². The number of hydrogen-bond donors (Lipinski definition) is 0. The molecule has 0 saturated heterocycles. The molecule has 1 aliphatic rings. The highest BCUT2D eigenvalue weighted by molar-refractivity contribution is 5.75. The molecule has 0 N–H and O–H groups in total. The van der Waals surface area contributed by atoms with Crippen LogP contribution in [0.15, 0.2) is 59.7 Å². The molecule has 2 aromatic carbocycles. The summed E-state index contributed by atoms with van der Waals surface area (Å²) >= 11 is 0. The molecular formula is C23H29N5. The predicted molar refractivity (Wildman–Crippen MR) is 114 cm³/mol. The monoisotopic (exact) mass is 375 g/mol. The average molecular weight is 376 g/mol. The third-order valence-corrected chi connectivity index (χ3v) is 5.82. The lowest BCUT2D eigenvalue weighted by Gasteiger charge is -2.35. The van der Waals surface area contributed by atoms with Crippen LogP contribution in [0.2, 0.25) is 0 Å². The minimum absolute atomic E-state index is 0.230. The van der Waals surface area contributed by atoms with Gasteiger partial charge in [-0.2, -0.15) is 20.1 Å². The van der Waals surface area contributed by atoms with Crippen molar-refractivity contribution in [3.8, 4) is 0 Å². The summed E-state index contributed by atoms with van der Waals surface area (Å²) in [4.78, 5) is 1.95. The smallest absolute Gasteiger partial charge is 0.141 e. The minimum Gasteiger partial charge on any atom is -0.294 e. The van der Waals surface area contributed by atoms with Gasteiger partial charge in [-0.3, -0.25) is 5.01 Å². The Bertz CT molecular complexity index is 913. The van der Waals surface area contributed by atoms with Gasteiger partial charge in [-0.1, -0.05) is 56.3 Å². The third kappa shape index (κ3) is 3.53. The van der Waals surface area contributed by atoms with Crippen molar-refractivity contribution < 1.29 is 0 Å². The van der Waals surface area contributed by atoms with Gasteiger partial charge in [0.2, 0.25) is 0 Å². The van der Waals surface area contributed by atoms with Crippen molar-refractivity contribution in [1.82, 2.24) is 20.0 Å². The summed E-state index contributed by atoms with van der Waals surface area (Å²) in [6.45, 7) is 4.55. The van der Waals surface area contributed by atoms with E-state index in [1.165, 1.54) is 5.56 Å². The minimum atomic E-state index is -0.313. The van der Waals surface area contributed by atoms with Crippen LogP contribution in [-0.4, -0.2) is 39.3 Å². The number of nitrogens with zero attached hydrogens (tertiary/aromatic N) is 5. The normalized spacial score (nSPS) is 21.9. The maximum atomic E-state index is 4.87. The van der Waals surface area contributed by atoms with E-state index in [-0.39, 0.29) is 11.6 Å². The molecule has 2 unspecified atom stereocenters. The van der Waals surface area contributed by atoms with Crippen LogP contribution in [0, 0.1) is 5.92 Å². The lowest BCUT2D eigenvalue weighted by molar-refractivity contribution is 0.134. The predicted octanol–water partition coefficient (Wildman–Crippen LogP) is 4.50. The molecule has 146 valence electrons. The van der Waals surface area contributed by atoms with E-state index in [0.717, 1.165) is 36.7 Å². The van der Waals surface area contributed by atoms with E-state index in [4.69, 9.17) is 15.3 Å². The van der Waals surface area contributed by atoms with Crippen molar-refractivity contribution in [2.75, 3.05) is 7.05 Å². The van der Waals surface area contributed by atoms with E-state index < -0.39 is 0 Å². The number of hydrogen-bond acceptors (Lipinski definition) is 4. The van der Waals surface area contributed by atoms with Crippen molar-refractivity contribution in [3.63, 3.8) is 0 Å². The van der Waals surface area contributed by atoms with E-state index in [9.17, 15) is 0 Å². The van der Waals surface area contributed by atoms with Crippen LogP contribution in [-0.2, 0) is 12.0 Å². The Labute approximate surface area is 167 Å². The molecule has 28 heavy (non-hydrogen) atoms. The molecule has 1 aromatic heterocycles. The molecule has 5 heteroatoms. The van der Waals surface area contributed by atoms with Gasteiger partial charge >= 0.3 is 0 Å². The van der Waals surface area contributed by atoms with Crippen molar-refractivity contribution >= 4 is 17.2 Å². The summed E-state index contributed by atoms with van der Waals surface area (Å²) in [6.07, 6.45) is 6.21. The van der Waals surface area contributed by atoms with Gasteiger partial charge in [0.05, 0.1) is 12.3 Å². The zero-order chi connectivity index (χ0) is 19.6. The number of benzene rings is 2. The first-order valence-electron chi connectivity index (χ1n) is 10.2. The number of hydrazone groups is 1. The summed E-state index contributed by atoms with van der Waals surface area (Å²) in [7, 11) is 2.08. The summed E-state index contributed by atoms with van der Waals surface area (Å²) < 4.78 is 0. The number of rotatable bonds is 7. The van der Waals surface area contributed by atoms with Crippen LogP contribution in [0.3, 0.4) is 0 Å². The van der Waals surface area contributed by atoms with Gasteiger partial charge in [-0.15, -0.1) is 0 Å². The number of aryl methyl sites for hydroxylation is 1. The Kier molecular flexibility index (Phi) is 5.16. The van der Waals surface area contributed by atoms with Crippen LogP contribution in [0.1, 0.15) is 38.7 Å². The first-order valence-corrected chi connectivity index (χ1v) is 10.2. The van der Waals surface area contributed by atoms with Crippen LogP contribution in [0.5, 0.6) is 0 Å². The van der Waals surface area contributed by atoms with Crippen molar-refractivity contribution in [3.05, 3.63) is 60.2 Å². The highest BCUT2D eigenvalue weighted by Gasteiger charge is 2.47. The molecule has 2 atom stereocenters. The largest absolute Gasteiger partial charge is 0.294 e. The standard InChI is InChI=1S/C23H29N5/c1-18(2)15-16-23(28-25-20-11-7-8-12-21(20)26-28)17-24-27(3)22(23)14-13-19-9-5-4-6-10-19/h4-12,17-18,22H,13-16H2,1-3H3. The van der Waals surface area contributed by atoms with Gasteiger partial charge in [0.1, 0.15) is 16.6 Å². The van der Waals surface area contributed by atoms with Gasteiger partial charge in [0, 0.05) is 7.05 Å². The number of likely N-dealkylation sites (N-methyl/N-ethyl adjacent to an activating group) is 1. The Balaban J connectivity index is 1.69. The quantitative estimate of drug-likeness (QED) is 0.611. The zero-order valence-electron chi connectivity index (χ0n) is 17.0. The molecule has 0 saturated carbocycles. The maximum absolute atomic E-state index is 4.87. The molecule has 0 fully saturated rings. The molecular weight excluding hydrogens is 346 g/mol. The van der Waals surface area contributed by atoms with Crippen LogP contribution >= 0.6 is 0 Å². The van der Waals surface area contributed by atoms with Crippen molar-refractivity contribution in [2.24, 2.45) is 11.0 Å². The summed E-state index contributed by atoms with van der Waals surface area (Å²) in [6, 6.07) is 19.0.